The predicted molar refractivity (Wildman–Crippen MR) is 209 cm³/mol. The van der Waals surface area contributed by atoms with Crippen LogP contribution in [0.4, 0.5) is 0 Å². The largest absolute Gasteiger partial charge is 0.365 e. The molecule has 2 heterocycles. The van der Waals surface area contributed by atoms with E-state index in [0.717, 1.165) is 22.3 Å². The zero-order valence-corrected chi connectivity index (χ0v) is 29.3. The highest BCUT2D eigenvalue weighted by atomic mass is 32.1. The minimum atomic E-state index is -3.07. The van der Waals surface area contributed by atoms with Crippen molar-refractivity contribution in [1.82, 2.24) is 4.90 Å². The van der Waals surface area contributed by atoms with Crippen LogP contribution >= 0.6 is 18.5 Å². The summed E-state index contributed by atoms with van der Waals surface area (Å²) >= 11 is 1.93. The molecule has 0 bridgehead atoms. The normalized spacial score (nSPS) is 18.9. The Labute approximate surface area is 292 Å². The molecule has 7 aromatic rings. The summed E-state index contributed by atoms with van der Waals surface area (Å²) in [4.78, 5) is 3.96. The molecule has 2 aliphatic rings. The molecule has 1 aromatic heterocycles. The van der Waals surface area contributed by atoms with E-state index >= 15 is 4.57 Å². The maximum absolute atomic E-state index is 15.2. The molecule has 49 heavy (non-hydrogen) atoms. The van der Waals surface area contributed by atoms with Crippen molar-refractivity contribution in [3.63, 3.8) is 0 Å². The number of benzene rings is 6. The Morgan fingerprint density at radius 3 is 1.98 bits per heavy atom. The van der Waals surface area contributed by atoms with Gasteiger partial charge in [0.1, 0.15) is 0 Å². The first-order valence-electron chi connectivity index (χ1n) is 16.9. The lowest BCUT2D eigenvalue weighted by Gasteiger charge is -2.47. The standard InChI is InChI=1S/C45H36NOPS/c1-45(32-26-28-35(29-27-32)48(47,33-17-5-3-6-18-33)34-19-7-4-8-20-34)30-14-24-39-41-38-22-11-12-25-40(38)49-43(41)42(46(2)44(39)45)37-23-13-16-31-15-9-10-21-36(31)37/h3-29,42H,30H2,1-2H3. The summed E-state index contributed by atoms with van der Waals surface area (Å²) < 4.78 is 16.5. The van der Waals surface area contributed by atoms with Gasteiger partial charge in [0.05, 0.1) is 6.04 Å². The summed E-state index contributed by atoms with van der Waals surface area (Å²) in [6.45, 7) is 2.39. The van der Waals surface area contributed by atoms with E-state index in [1.54, 1.807) is 0 Å². The molecule has 1 aliphatic heterocycles. The average Bonchev–Trinajstić information content (AvgIpc) is 3.55. The minimum Gasteiger partial charge on any atom is -0.365 e. The lowest BCUT2D eigenvalue weighted by molar-refractivity contribution is 0.290. The van der Waals surface area contributed by atoms with Gasteiger partial charge in [0, 0.05) is 60.2 Å². The van der Waals surface area contributed by atoms with E-state index in [9.17, 15) is 0 Å². The van der Waals surface area contributed by atoms with Crippen molar-refractivity contribution in [3.05, 3.63) is 191 Å². The molecule has 1 aliphatic carbocycles. The van der Waals surface area contributed by atoms with Gasteiger partial charge in [-0.2, -0.15) is 0 Å². The predicted octanol–water partition coefficient (Wildman–Crippen LogP) is 10.4. The van der Waals surface area contributed by atoms with Crippen LogP contribution in [0, 0.1) is 0 Å². The van der Waals surface area contributed by atoms with Crippen LogP contribution in [0.15, 0.2) is 170 Å². The fourth-order valence-corrected chi connectivity index (χ4v) is 12.4. The van der Waals surface area contributed by atoms with E-state index in [4.69, 9.17) is 0 Å². The maximum Gasteiger partial charge on any atom is 0.171 e. The summed E-state index contributed by atoms with van der Waals surface area (Å²) in [5.41, 5.74) is 6.27. The Hall–Kier alpha value is -4.95. The first kappa shape index (κ1) is 30.1. The molecule has 0 fully saturated rings. The molecule has 2 nitrogen and oxygen atoms in total. The number of rotatable bonds is 5. The Morgan fingerprint density at radius 2 is 1.27 bits per heavy atom. The molecule has 4 heteroatoms. The molecular formula is C45H36NOPS. The second-order valence-corrected chi connectivity index (χ2v) is 17.3. The number of allylic oxidation sites excluding steroid dienone is 4. The summed E-state index contributed by atoms with van der Waals surface area (Å²) in [5, 5.41) is 6.45. The molecular weight excluding hydrogens is 634 g/mol. The summed E-state index contributed by atoms with van der Waals surface area (Å²) in [7, 11) is -0.779. The van der Waals surface area contributed by atoms with Gasteiger partial charge in [-0.1, -0.05) is 158 Å². The van der Waals surface area contributed by atoms with Gasteiger partial charge < -0.3 is 9.46 Å². The molecule has 0 saturated heterocycles. The van der Waals surface area contributed by atoms with Crippen molar-refractivity contribution >= 4 is 60.8 Å². The van der Waals surface area contributed by atoms with Crippen LogP contribution in [-0.2, 0) is 9.98 Å². The van der Waals surface area contributed by atoms with Gasteiger partial charge in [0.2, 0.25) is 0 Å². The van der Waals surface area contributed by atoms with Crippen LogP contribution in [0.25, 0.3) is 26.4 Å². The zero-order valence-electron chi connectivity index (χ0n) is 27.6. The van der Waals surface area contributed by atoms with Gasteiger partial charge in [-0.15, -0.1) is 11.3 Å². The Bertz CT molecular complexity index is 2430. The molecule has 2 atom stereocenters. The SMILES string of the molecule is CN1C2=C(C=CCC2(C)c2ccc(P(=O)(c3ccccc3)c3ccccc3)cc2)c2c(sc3ccccc23)C1c1cccc2ccccc12. The first-order chi connectivity index (χ1) is 24.0. The highest BCUT2D eigenvalue weighted by Crippen LogP contribution is 2.56. The molecule has 2 unspecified atom stereocenters. The molecule has 238 valence electrons. The van der Waals surface area contributed by atoms with E-state index in [1.807, 2.05) is 72.0 Å². The zero-order chi connectivity index (χ0) is 33.2. The molecule has 0 saturated carbocycles. The van der Waals surface area contributed by atoms with Crippen molar-refractivity contribution in [1.29, 1.82) is 0 Å². The topological polar surface area (TPSA) is 20.3 Å². The van der Waals surface area contributed by atoms with Crippen LogP contribution in [0.5, 0.6) is 0 Å². The third kappa shape index (κ3) is 4.57. The van der Waals surface area contributed by atoms with Gasteiger partial charge >= 0.3 is 0 Å². The van der Waals surface area contributed by atoms with Crippen LogP contribution in [0.3, 0.4) is 0 Å². The smallest absolute Gasteiger partial charge is 0.171 e. The highest BCUT2D eigenvalue weighted by molar-refractivity contribution is 7.85. The van der Waals surface area contributed by atoms with Gasteiger partial charge in [-0.05, 0) is 41.3 Å². The minimum absolute atomic E-state index is 0.0683. The fourth-order valence-electron chi connectivity index (χ4n) is 8.36. The van der Waals surface area contributed by atoms with Crippen molar-refractivity contribution < 1.29 is 4.57 Å². The summed E-state index contributed by atoms with van der Waals surface area (Å²) in [6, 6.07) is 53.1. The molecule has 0 spiro atoms. The van der Waals surface area contributed by atoms with Gasteiger partial charge in [0.15, 0.2) is 7.14 Å². The summed E-state index contributed by atoms with van der Waals surface area (Å²) in [5.74, 6) is 0. The lowest BCUT2D eigenvalue weighted by Crippen LogP contribution is -2.41. The van der Waals surface area contributed by atoms with Crippen molar-refractivity contribution in [2.24, 2.45) is 0 Å². The van der Waals surface area contributed by atoms with Crippen LogP contribution in [-0.4, -0.2) is 11.9 Å². The molecule has 0 amide bonds. The van der Waals surface area contributed by atoms with E-state index in [2.05, 4.69) is 122 Å². The molecule has 9 rings (SSSR count). The van der Waals surface area contributed by atoms with Crippen molar-refractivity contribution in [2.75, 3.05) is 7.05 Å². The number of hydrogen-bond acceptors (Lipinski definition) is 3. The molecule has 6 aromatic carbocycles. The van der Waals surface area contributed by atoms with Crippen LogP contribution in [0.2, 0.25) is 0 Å². The third-order valence-electron chi connectivity index (χ3n) is 10.7. The Morgan fingerprint density at radius 1 is 0.673 bits per heavy atom. The van der Waals surface area contributed by atoms with Gasteiger partial charge in [-0.25, -0.2) is 0 Å². The highest BCUT2D eigenvalue weighted by Gasteiger charge is 2.44. The van der Waals surface area contributed by atoms with E-state index in [-0.39, 0.29) is 11.5 Å². The fraction of sp³-hybridized carbons (Fsp3) is 0.111. The van der Waals surface area contributed by atoms with Gasteiger partial charge in [-0.3, -0.25) is 0 Å². The number of hydrogen-bond donors (Lipinski definition) is 0. The number of likely N-dealkylation sites (N-methyl/N-ethyl adjacent to an activating group) is 1. The van der Waals surface area contributed by atoms with E-state index in [1.165, 1.54) is 53.7 Å². The van der Waals surface area contributed by atoms with E-state index in [0.29, 0.717) is 0 Å². The number of fused-ring (bicyclic) bond motifs is 5. The van der Waals surface area contributed by atoms with E-state index < -0.39 is 7.14 Å². The summed E-state index contributed by atoms with van der Waals surface area (Å²) in [6.07, 6.45) is 5.59. The van der Waals surface area contributed by atoms with Crippen LogP contribution in [0.1, 0.15) is 41.0 Å². The maximum atomic E-state index is 15.2. The first-order valence-corrected chi connectivity index (χ1v) is 19.5. The second kappa shape index (κ2) is 11.6. The quantitative estimate of drug-likeness (QED) is 0.170. The Balaban J connectivity index is 1.23. The average molecular weight is 670 g/mol. The Kier molecular flexibility index (Phi) is 7.13. The van der Waals surface area contributed by atoms with Crippen LogP contribution < -0.4 is 15.9 Å². The molecule has 0 N–H and O–H groups in total. The monoisotopic (exact) mass is 669 g/mol. The number of thiophene rings is 1. The van der Waals surface area contributed by atoms with Crippen molar-refractivity contribution in [3.8, 4) is 0 Å². The second-order valence-electron chi connectivity index (χ2n) is 13.4. The third-order valence-corrected chi connectivity index (χ3v) is 15.0. The number of nitrogens with zero attached hydrogens (tertiary/aromatic N) is 1. The van der Waals surface area contributed by atoms with Crippen molar-refractivity contribution in [2.45, 2.75) is 24.8 Å². The lowest BCUT2D eigenvalue weighted by atomic mass is 9.69. The molecule has 0 radical (unpaired) electrons. The van der Waals surface area contributed by atoms with Gasteiger partial charge in [0.25, 0.3) is 0 Å².